The molecule has 1 aromatic carbocycles. The monoisotopic (exact) mass is 219 g/mol. The molecule has 0 saturated heterocycles. The van der Waals surface area contributed by atoms with Gasteiger partial charge in [-0.05, 0) is 23.8 Å². The summed E-state index contributed by atoms with van der Waals surface area (Å²) in [6.45, 7) is 0. The van der Waals surface area contributed by atoms with Crippen molar-refractivity contribution in [2.45, 2.75) is 0 Å². The molecule has 0 fully saturated rings. The number of rotatable bonds is 1. The number of halogens is 1. The zero-order valence-electron chi connectivity index (χ0n) is 7.94. The first-order chi connectivity index (χ1) is 7.18. The summed E-state index contributed by atoms with van der Waals surface area (Å²) in [5, 5.41) is 0.590. The van der Waals surface area contributed by atoms with E-state index in [4.69, 9.17) is 23.1 Å². The van der Waals surface area contributed by atoms with Crippen molar-refractivity contribution >= 4 is 23.1 Å². The summed E-state index contributed by atoms with van der Waals surface area (Å²) in [5.74, 6) is 0.423. The van der Waals surface area contributed by atoms with Gasteiger partial charge in [0.05, 0.1) is 5.02 Å². The minimum Gasteiger partial charge on any atom is -0.399 e. The zero-order chi connectivity index (χ0) is 10.8. The summed E-state index contributed by atoms with van der Waals surface area (Å²) >= 11 is 6.05. The molecule has 0 aliphatic heterocycles. The minimum absolute atomic E-state index is 0.423. The third kappa shape index (κ3) is 1.87. The molecule has 2 rings (SSSR count). The molecule has 0 unspecified atom stereocenters. The smallest absolute Gasteiger partial charge is 0.132 e. The van der Waals surface area contributed by atoms with E-state index in [1.54, 1.807) is 24.4 Å². The maximum absolute atomic E-state index is 6.05. The lowest BCUT2D eigenvalue weighted by Gasteiger charge is -2.07. The fraction of sp³-hybridized carbons (Fsp3) is 0. The fourth-order valence-corrected chi connectivity index (χ4v) is 1.65. The van der Waals surface area contributed by atoms with Crippen LogP contribution >= 0.6 is 11.6 Å². The standard InChI is InChI=1S/C11H10ClN3/c12-9-5-6-15-11(14)10(9)7-1-3-8(13)4-2-7/h1-6H,13H2,(H2,14,15). The molecule has 0 radical (unpaired) electrons. The highest BCUT2D eigenvalue weighted by Crippen LogP contribution is 2.31. The van der Waals surface area contributed by atoms with Gasteiger partial charge < -0.3 is 11.5 Å². The van der Waals surface area contributed by atoms with E-state index in [1.165, 1.54) is 0 Å². The van der Waals surface area contributed by atoms with Gasteiger partial charge in [-0.25, -0.2) is 4.98 Å². The van der Waals surface area contributed by atoms with Gasteiger partial charge in [-0.15, -0.1) is 0 Å². The molecule has 0 saturated carbocycles. The number of nitrogens with zero attached hydrogens (tertiary/aromatic N) is 1. The van der Waals surface area contributed by atoms with Crippen LogP contribution in [0.5, 0.6) is 0 Å². The van der Waals surface area contributed by atoms with Gasteiger partial charge in [0.25, 0.3) is 0 Å². The van der Waals surface area contributed by atoms with Gasteiger partial charge in [0, 0.05) is 17.4 Å². The van der Waals surface area contributed by atoms with Crippen LogP contribution in [-0.2, 0) is 0 Å². The highest BCUT2D eigenvalue weighted by Gasteiger charge is 2.07. The Labute approximate surface area is 92.7 Å². The molecule has 4 N–H and O–H groups in total. The molecule has 2 aromatic rings. The molecule has 0 aliphatic carbocycles. The summed E-state index contributed by atoms with van der Waals surface area (Å²) < 4.78 is 0. The number of pyridine rings is 1. The van der Waals surface area contributed by atoms with Crippen LogP contribution in [0, 0.1) is 0 Å². The predicted molar refractivity (Wildman–Crippen MR) is 63.5 cm³/mol. The normalized spacial score (nSPS) is 10.2. The van der Waals surface area contributed by atoms with Crippen LogP contribution in [0.25, 0.3) is 11.1 Å². The van der Waals surface area contributed by atoms with Crippen molar-refractivity contribution < 1.29 is 0 Å². The molecule has 76 valence electrons. The van der Waals surface area contributed by atoms with Crippen molar-refractivity contribution in [3.63, 3.8) is 0 Å². The van der Waals surface area contributed by atoms with Crippen molar-refractivity contribution in [1.29, 1.82) is 0 Å². The summed E-state index contributed by atoms with van der Waals surface area (Å²) in [5.41, 5.74) is 13.7. The Kier molecular flexibility index (Phi) is 2.47. The Hall–Kier alpha value is -1.74. The lowest BCUT2D eigenvalue weighted by molar-refractivity contribution is 1.34. The van der Waals surface area contributed by atoms with E-state index >= 15 is 0 Å². The largest absolute Gasteiger partial charge is 0.399 e. The molecule has 1 heterocycles. The zero-order valence-corrected chi connectivity index (χ0v) is 8.70. The number of anilines is 2. The molecular weight excluding hydrogens is 210 g/mol. The van der Waals surface area contributed by atoms with Crippen molar-refractivity contribution in [2.24, 2.45) is 0 Å². The van der Waals surface area contributed by atoms with Gasteiger partial charge in [0.15, 0.2) is 0 Å². The van der Waals surface area contributed by atoms with Crippen molar-refractivity contribution in [1.82, 2.24) is 4.98 Å². The van der Waals surface area contributed by atoms with E-state index in [2.05, 4.69) is 4.98 Å². The average molecular weight is 220 g/mol. The molecule has 0 atom stereocenters. The lowest BCUT2D eigenvalue weighted by Crippen LogP contribution is -1.94. The minimum atomic E-state index is 0.423. The summed E-state index contributed by atoms with van der Waals surface area (Å²) in [7, 11) is 0. The molecule has 0 aliphatic rings. The Morgan fingerprint density at radius 3 is 2.27 bits per heavy atom. The second-order valence-electron chi connectivity index (χ2n) is 3.18. The SMILES string of the molecule is Nc1ccc(-c2c(Cl)ccnc2N)cc1. The Morgan fingerprint density at radius 2 is 1.67 bits per heavy atom. The Balaban J connectivity index is 2.58. The van der Waals surface area contributed by atoms with Crippen molar-refractivity contribution in [3.05, 3.63) is 41.6 Å². The molecule has 4 heteroatoms. The summed E-state index contributed by atoms with van der Waals surface area (Å²) in [4.78, 5) is 4.00. The summed E-state index contributed by atoms with van der Waals surface area (Å²) in [6.07, 6.45) is 1.58. The fourth-order valence-electron chi connectivity index (χ4n) is 1.39. The average Bonchev–Trinajstić information content (AvgIpc) is 2.20. The Morgan fingerprint density at radius 1 is 1.00 bits per heavy atom. The molecule has 15 heavy (non-hydrogen) atoms. The van der Waals surface area contributed by atoms with Crippen LogP contribution in [0.15, 0.2) is 36.5 Å². The van der Waals surface area contributed by atoms with Gasteiger partial charge >= 0.3 is 0 Å². The first kappa shape index (κ1) is 9.80. The molecule has 0 spiro atoms. The van der Waals surface area contributed by atoms with E-state index in [0.717, 1.165) is 11.1 Å². The third-order valence-electron chi connectivity index (χ3n) is 2.13. The van der Waals surface area contributed by atoms with Crippen LogP contribution in [0.4, 0.5) is 11.5 Å². The molecule has 0 amide bonds. The number of nitrogens with two attached hydrogens (primary N) is 2. The van der Waals surface area contributed by atoms with Crippen LogP contribution in [-0.4, -0.2) is 4.98 Å². The van der Waals surface area contributed by atoms with Crippen molar-refractivity contribution in [2.75, 3.05) is 11.5 Å². The van der Waals surface area contributed by atoms with E-state index < -0.39 is 0 Å². The van der Waals surface area contributed by atoms with Crippen LogP contribution in [0.2, 0.25) is 5.02 Å². The number of benzene rings is 1. The van der Waals surface area contributed by atoms with Gasteiger partial charge in [-0.3, -0.25) is 0 Å². The maximum atomic E-state index is 6.05. The third-order valence-corrected chi connectivity index (χ3v) is 2.44. The first-order valence-electron chi connectivity index (χ1n) is 4.44. The number of nitrogen functional groups attached to an aromatic ring is 2. The number of hydrogen-bond acceptors (Lipinski definition) is 3. The van der Waals surface area contributed by atoms with Crippen LogP contribution in [0.1, 0.15) is 0 Å². The van der Waals surface area contributed by atoms with Crippen LogP contribution < -0.4 is 11.5 Å². The topological polar surface area (TPSA) is 64.9 Å². The predicted octanol–water partition coefficient (Wildman–Crippen LogP) is 2.57. The van der Waals surface area contributed by atoms with Gasteiger partial charge in [-0.1, -0.05) is 23.7 Å². The first-order valence-corrected chi connectivity index (χ1v) is 4.82. The lowest BCUT2D eigenvalue weighted by atomic mass is 10.1. The molecule has 0 bridgehead atoms. The van der Waals surface area contributed by atoms with Gasteiger partial charge in [0.2, 0.25) is 0 Å². The van der Waals surface area contributed by atoms with Crippen molar-refractivity contribution in [3.8, 4) is 11.1 Å². The number of aromatic nitrogens is 1. The molecular formula is C11H10ClN3. The highest BCUT2D eigenvalue weighted by atomic mass is 35.5. The Bertz CT molecular complexity index is 459. The molecule has 1 aromatic heterocycles. The van der Waals surface area contributed by atoms with Gasteiger partial charge in [-0.2, -0.15) is 0 Å². The van der Waals surface area contributed by atoms with E-state index in [0.29, 0.717) is 16.5 Å². The van der Waals surface area contributed by atoms with Crippen LogP contribution in [0.3, 0.4) is 0 Å². The highest BCUT2D eigenvalue weighted by molar-refractivity contribution is 6.33. The second kappa shape index (κ2) is 3.79. The van der Waals surface area contributed by atoms with E-state index in [1.807, 2.05) is 12.1 Å². The van der Waals surface area contributed by atoms with Gasteiger partial charge in [0.1, 0.15) is 5.82 Å². The van der Waals surface area contributed by atoms with E-state index in [9.17, 15) is 0 Å². The van der Waals surface area contributed by atoms with E-state index in [-0.39, 0.29) is 0 Å². The molecule has 3 nitrogen and oxygen atoms in total. The number of hydrogen-bond donors (Lipinski definition) is 2. The quantitative estimate of drug-likeness (QED) is 0.725. The maximum Gasteiger partial charge on any atom is 0.132 e. The second-order valence-corrected chi connectivity index (χ2v) is 3.58. The summed E-state index contributed by atoms with van der Waals surface area (Å²) in [6, 6.07) is 9.06.